The van der Waals surface area contributed by atoms with Gasteiger partial charge in [0, 0.05) is 11.8 Å². The summed E-state index contributed by atoms with van der Waals surface area (Å²) in [6.07, 6.45) is 3.02. The molecule has 3 saturated carbocycles. The van der Waals surface area contributed by atoms with Gasteiger partial charge in [-0.3, -0.25) is 4.79 Å². The SMILES string of the molecule is O=C1C(Br)C[C@H]2[C@@H]1C1CCC2(Br)C12OCCO2. The maximum absolute atomic E-state index is 12.3. The fraction of sp³-hybridized carbons (Fsp3) is 0.917. The minimum Gasteiger partial charge on any atom is -0.346 e. The average Bonchev–Trinajstić information content (AvgIpc) is 2.99. The normalized spacial score (nSPS) is 54.8. The molecule has 1 spiro atoms. The summed E-state index contributed by atoms with van der Waals surface area (Å²) in [6.45, 7) is 1.32. The summed E-state index contributed by atoms with van der Waals surface area (Å²) in [5, 5.41) is 0. The van der Waals surface area contributed by atoms with Crippen LogP contribution in [0, 0.1) is 17.8 Å². The summed E-state index contributed by atoms with van der Waals surface area (Å²) >= 11 is 7.42. The molecule has 0 amide bonds. The molecule has 4 fully saturated rings. The molecule has 94 valence electrons. The smallest absolute Gasteiger partial charge is 0.187 e. The Balaban J connectivity index is 1.83. The first kappa shape index (κ1) is 11.4. The number of Topliss-reactive ketones (excluding diaryl/α,β-unsaturated/α-hetero) is 1. The molecule has 1 heterocycles. The van der Waals surface area contributed by atoms with Crippen LogP contribution in [0.1, 0.15) is 19.3 Å². The Morgan fingerprint density at radius 1 is 1.24 bits per heavy atom. The predicted octanol–water partition coefficient (Wildman–Crippen LogP) is 2.26. The number of halogens is 2. The topological polar surface area (TPSA) is 35.5 Å². The molecule has 0 N–H and O–H groups in total. The highest BCUT2D eigenvalue weighted by Crippen LogP contribution is 2.71. The van der Waals surface area contributed by atoms with Gasteiger partial charge in [-0.05, 0) is 25.2 Å². The van der Waals surface area contributed by atoms with Gasteiger partial charge in [0.25, 0.3) is 0 Å². The first-order valence-corrected chi connectivity index (χ1v) is 7.96. The van der Waals surface area contributed by atoms with Crippen molar-refractivity contribution in [1.82, 2.24) is 0 Å². The van der Waals surface area contributed by atoms with Crippen LogP contribution in [-0.4, -0.2) is 33.9 Å². The van der Waals surface area contributed by atoms with Crippen molar-refractivity contribution in [2.75, 3.05) is 13.2 Å². The van der Waals surface area contributed by atoms with Gasteiger partial charge in [0.2, 0.25) is 0 Å². The molecule has 0 aromatic heterocycles. The highest BCUT2D eigenvalue weighted by atomic mass is 79.9. The van der Waals surface area contributed by atoms with Crippen molar-refractivity contribution in [2.24, 2.45) is 17.8 Å². The fourth-order valence-corrected chi connectivity index (χ4v) is 6.55. The molecule has 4 rings (SSSR count). The Bertz CT molecular complexity index is 393. The number of fused-ring (bicyclic) bond motifs is 3. The van der Waals surface area contributed by atoms with Gasteiger partial charge in [-0.15, -0.1) is 0 Å². The van der Waals surface area contributed by atoms with E-state index in [1.807, 2.05) is 0 Å². The van der Waals surface area contributed by atoms with E-state index in [1.165, 1.54) is 0 Å². The van der Waals surface area contributed by atoms with Crippen molar-refractivity contribution in [3.8, 4) is 0 Å². The highest BCUT2D eigenvalue weighted by molar-refractivity contribution is 9.10. The summed E-state index contributed by atoms with van der Waals surface area (Å²) < 4.78 is 11.8. The summed E-state index contributed by atoms with van der Waals surface area (Å²) in [7, 11) is 0. The Labute approximate surface area is 117 Å². The molecule has 4 aliphatic rings. The Kier molecular flexibility index (Phi) is 2.24. The first-order valence-electron chi connectivity index (χ1n) is 6.25. The maximum Gasteiger partial charge on any atom is 0.187 e. The van der Waals surface area contributed by atoms with Gasteiger partial charge < -0.3 is 9.47 Å². The third-order valence-electron chi connectivity index (χ3n) is 5.16. The number of hydrogen-bond donors (Lipinski definition) is 0. The zero-order valence-electron chi connectivity index (χ0n) is 9.33. The number of rotatable bonds is 0. The molecule has 5 heteroatoms. The Morgan fingerprint density at radius 2 is 1.94 bits per heavy atom. The standard InChI is InChI=1S/C12H14Br2O3/c13-8-5-7-9(10(8)15)6-1-2-11(7,14)12(6)16-3-4-17-12/h6-9H,1-5H2/t6?,7-,8?,9-,11?/m0/s1. The number of ether oxygens (including phenoxy) is 2. The van der Waals surface area contributed by atoms with Crippen LogP contribution >= 0.6 is 31.9 Å². The molecule has 0 radical (unpaired) electrons. The van der Waals surface area contributed by atoms with E-state index in [0.29, 0.717) is 24.9 Å². The lowest BCUT2D eigenvalue weighted by Gasteiger charge is -2.37. The van der Waals surface area contributed by atoms with E-state index >= 15 is 0 Å². The fourth-order valence-electron chi connectivity index (χ4n) is 4.62. The molecule has 0 aromatic carbocycles. The van der Waals surface area contributed by atoms with Gasteiger partial charge in [-0.2, -0.15) is 0 Å². The lowest BCUT2D eigenvalue weighted by atomic mass is 9.81. The zero-order chi connectivity index (χ0) is 11.8. The molecule has 1 saturated heterocycles. The molecule has 1 aliphatic heterocycles. The van der Waals surface area contributed by atoms with Crippen molar-refractivity contribution in [2.45, 2.75) is 34.2 Å². The molecule has 3 nitrogen and oxygen atoms in total. The van der Waals surface area contributed by atoms with Gasteiger partial charge in [0.1, 0.15) is 5.78 Å². The summed E-state index contributed by atoms with van der Waals surface area (Å²) in [5.41, 5.74) is 0. The number of hydrogen-bond acceptors (Lipinski definition) is 3. The molecular formula is C12H14Br2O3. The lowest BCUT2D eigenvalue weighted by Crippen LogP contribution is -2.48. The van der Waals surface area contributed by atoms with E-state index in [0.717, 1.165) is 19.3 Å². The van der Waals surface area contributed by atoms with Crippen molar-refractivity contribution < 1.29 is 14.3 Å². The van der Waals surface area contributed by atoms with Gasteiger partial charge >= 0.3 is 0 Å². The van der Waals surface area contributed by atoms with E-state index in [1.54, 1.807) is 0 Å². The molecule has 3 aliphatic carbocycles. The number of alkyl halides is 2. The predicted molar refractivity (Wildman–Crippen MR) is 68.3 cm³/mol. The van der Waals surface area contributed by atoms with Crippen LogP contribution in [0.5, 0.6) is 0 Å². The number of ketones is 1. The van der Waals surface area contributed by atoms with Gasteiger partial charge in [0.05, 0.1) is 22.4 Å². The van der Waals surface area contributed by atoms with Crippen molar-refractivity contribution in [3.63, 3.8) is 0 Å². The lowest BCUT2D eigenvalue weighted by molar-refractivity contribution is -0.184. The second-order valence-corrected chi connectivity index (χ2v) is 8.13. The third-order valence-corrected chi connectivity index (χ3v) is 7.52. The average molecular weight is 366 g/mol. The van der Waals surface area contributed by atoms with Crippen LogP contribution < -0.4 is 0 Å². The monoisotopic (exact) mass is 364 g/mol. The molecule has 0 aromatic rings. The third kappa shape index (κ3) is 1.10. The number of carbonyl (C=O) groups excluding carboxylic acids is 1. The Morgan fingerprint density at radius 3 is 2.59 bits per heavy atom. The van der Waals surface area contributed by atoms with Crippen LogP contribution in [0.25, 0.3) is 0 Å². The second-order valence-electron chi connectivity index (χ2n) is 5.61. The molecule has 17 heavy (non-hydrogen) atoms. The van der Waals surface area contributed by atoms with Crippen LogP contribution in [0.3, 0.4) is 0 Å². The largest absolute Gasteiger partial charge is 0.346 e. The second kappa shape index (κ2) is 3.35. The van der Waals surface area contributed by atoms with Crippen LogP contribution in [0.15, 0.2) is 0 Å². The van der Waals surface area contributed by atoms with Gasteiger partial charge in [-0.1, -0.05) is 31.9 Å². The quantitative estimate of drug-likeness (QED) is 0.617. The molecule has 5 atom stereocenters. The molecular weight excluding hydrogens is 352 g/mol. The van der Waals surface area contributed by atoms with Crippen LogP contribution in [0.4, 0.5) is 0 Å². The van der Waals surface area contributed by atoms with Crippen LogP contribution in [-0.2, 0) is 14.3 Å². The molecule has 2 bridgehead atoms. The minimum atomic E-state index is -0.509. The van der Waals surface area contributed by atoms with E-state index in [-0.39, 0.29) is 21.0 Å². The van der Waals surface area contributed by atoms with Crippen molar-refractivity contribution in [3.05, 3.63) is 0 Å². The Hall–Kier alpha value is 0.550. The van der Waals surface area contributed by atoms with Gasteiger partial charge in [-0.25, -0.2) is 0 Å². The van der Waals surface area contributed by atoms with E-state index in [9.17, 15) is 4.79 Å². The first-order chi connectivity index (χ1) is 8.10. The molecule has 3 unspecified atom stereocenters. The summed E-state index contributed by atoms with van der Waals surface area (Å²) in [4.78, 5) is 12.3. The van der Waals surface area contributed by atoms with E-state index in [4.69, 9.17) is 9.47 Å². The van der Waals surface area contributed by atoms with Crippen molar-refractivity contribution in [1.29, 1.82) is 0 Å². The highest BCUT2D eigenvalue weighted by Gasteiger charge is 2.78. The maximum atomic E-state index is 12.3. The van der Waals surface area contributed by atoms with Crippen molar-refractivity contribution >= 4 is 37.6 Å². The van der Waals surface area contributed by atoms with E-state index in [2.05, 4.69) is 31.9 Å². The van der Waals surface area contributed by atoms with Crippen LogP contribution in [0.2, 0.25) is 0 Å². The van der Waals surface area contributed by atoms with E-state index < -0.39 is 5.79 Å². The number of carbonyl (C=O) groups is 1. The minimum absolute atomic E-state index is 0.0359. The van der Waals surface area contributed by atoms with Gasteiger partial charge in [0.15, 0.2) is 5.79 Å². The zero-order valence-corrected chi connectivity index (χ0v) is 12.5. The summed E-state index contributed by atoms with van der Waals surface area (Å²) in [6, 6.07) is 0. The summed E-state index contributed by atoms with van der Waals surface area (Å²) in [5.74, 6) is 0.608.